The Balaban J connectivity index is 1.68. The maximum absolute atomic E-state index is 13.0. The molecule has 0 radical (unpaired) electrons. The van der Waals surface area contributed by atoms with Crippen LogP contribution in [0.2, 0.25) is 0 Å². The Hall–Kier alpha value is -2.64. The molecule has 0 aliphatic carbocycles. The molecule has 0 atom stereocenters. The first kappa shape index (κ1) is 21.1. The summed E-state index contributed by atoms with van der Waals surface area (Å²) in [5, 5.41) is 2.77. The molecule has 6 nitrogen and oxygen atoms in total. The Labute approximate surface area is 172 Å². The highest BCUT2D eigenvalue weighted by molar-refractivity contribution is 7.89. The lowest BCUT2D eigenvalue weighted by Crippen LogP contribution is -2.36. The van der Waals surface area contributed by atoms with Crippen molar-refractivity contribution in [1.82, 2.24) is 9.62 Å². The summed E-state index contributed by atoms with van der Waals surface area (Å²) in [7, 11) is -1.97. The number of nitrogens with zero attached hydrogens (tertiary/aromatic N) is 1. The van der Waals surface area contributed by atoms with Crippen molar-refractivity contribution in [2.24, 2.45) is 0 Å². The highest BCUT2D eigenvalue weighted by atomic mass is 32.2. The zero-order chi connectivity index (χ0) is 20.7. The van der Waals surface area contributed by atoms with Gasteiger partial charge in [0, 0.05) is 25.7 Å². The van der Waals surface area contributed by atoms with E-state index in [0.29, 0.717) is 24.4 Å². The van der Waals surface area contributed by atoms with Crippen molar-refractivity contribution in [3.8, 4) is 5.75 Å². The fraction of sp³-hybridized carbons (Fsp3) is 0.318. The molecule has 29 heavy (non-hydrogen) atoms. The third-order valence-corrected chi connectivity index (χ3v) is 6.88. The van der Waals surface area contributed by atoms with E-state index in [4.69, 9.17) is 4.74 Å². The standard InChI is InChI=1S/C22H26N2O4S/c1-28-20-10-7-8-18(16-20)12-13-22(25)23-17-19-9-3-4-11-21(19)29(26,27)24-14-5-2-6-15-24/h3-4,7-13,16H,2,5-6,14-15,17H2,1H3,(H,23,25). The zero-order valence-electron chi connectivity index (χ0n) is 16.5. The number of carbonyl (C=O) groups is 1. The molecule has 2 aromatic carbocycles. The molecule has 0 spiro atoms. The molecule has 1 amide bonds. The number of hydrogen-bond acceptors (Lipinski definition) is 4. The van der Waals surface area contributed by atoms with Gasteiger partial charge in [-0.05, 0) is 48.2 Å². The van der Waals surface area contributed by atoms with Crippen LogP contribution in [0.1, 0.15) is 30.4 Å². The van der Waals surface area contributed by atoms with E-state index in [0.717, 1.165) is 24.8 Å². The molecule has 0 aromatic heterocycles. The number of piperidine rings is 1. The lowest BCUT2D eigenvalue weighted by Gasteiger charge is -2.26. The second kappa shape index (κ2) is 9.71. The molecule has 1 saturated heterocycles. The van der Waals surface area contributed by atoms with E-state index in [-0.39, 0.29) is 17.3 Å². The van der Waals surface area contributed by atoms with Crippen LogP contribution in [-0.4, -0.2) is 38.8 Å². The van der Waals surface area contributed by atoms with Gasteiger partial charge >= 0.3 is 0 Å². The van der Waals surface area contributed by atoms with Crippen LogP contribution in [0.25, 0.3) is 6.08 Å². The Kier molecular flexibility index (Phi) is 7.06. The summed E-state index contributed by atoms with van der Waals surface area (Å²) >= 11 is 0. The van der Waals surface area contributed by atoms with Crippen molar-refractivity contribution in [3.05, 3.63) is 65.7 Å². The molecule has 1 heterocycles. The van der Waals surface area contributed by atoms with Crippen molar-refractivity contribution in [1.29, 1.82) is 0 Å². The second-order valence-electron chi connectivity index (χ2n) is 6.90. The van der Waals surface area contributed by atoms with Crippen molar-refractivity contribution >= 4 is 22.0 Å². The van der Waals surface area contributed by atoms with E-state index in [1.165, 1.54) is 6.08 Å². The third kappa shape index (κ3) is 5.46. The van der Waals surface area contributed by atoms with E-state index in [1.807, 2.05) is 24.3 Å². The minimum absolute atomic E-state index is 0.143. The number of sulfonamides is 1. The Morgan fingerprint density at radius 3 is 2.62 bits per heavy atom. The number of benzene rings is 2. The van der Waals surface area contributed by atoms with Gasteiger partial charge in [-0.25, -0.2) is 8.42 Å². The average Bonchev–Trinajstić information content (AvgIpc) is 2.77. The third-order valence-electron chi connectivity index (χ3n) is 4.88. The molecule has 0 bridgehead atoms. The molecule has 1 aliphatic heterocycles. The Morgan fingerprint density at radius 1 is 1.10 bits per heavy atom. The number of hydrogen-bond donors (Lipinski definition) is 1. The van der Waals surface area contributed by atoms with Crippen LogP contribution < -0.4 is 10.1 Å². The monoisotopic (exact) mass is 414 g/mol. The summed E-state index contributed by atoms with van der Waals surface area (Å²) in [4.78, 5) is 12.5. The first-order chi connectivity index (χ1) is 14.0. The summed E-state index contributed by atoms with van der Waals surface area (Å²) in [5.41, 5.74) is 1.42. The highest BCUT2D eigenvalue weighted by Crippen LogP contribution is 2.23. The maximum atomic E-state index is 13.0. The summed E-state index contributed by atoms with van der Waals surface area (Å²) in [6.45, 7) is 1.24. The first-order valence-electron chi connectivity index (χ1n) is 9.69. The van der Waals surface area contributed by atoms with Gasteiger partial charge in [0.25, 0.3) is 0 Å². The highest BCUT2D eigenvalue weighted by Gasteiger charge is 2.27. The maximum Gasteiger partial charge on any atom is 0.244 e. The second-order valence-corrected chi connectivity index (χ2v) is 8.81. The molecule has 1 N–H and O–H groups in total. The van der Waals surface area contributed by atoms with Gasteiger partial charge in [-0.15, -0.1) is 0 Å². The van der Waals surface area contributed by atoms with Gasteiger partial charge in [0.2, 0.25) is 15.9 Å². The van der Waals surface area contributed by atoms with Crippen LogP contribution in [0.15, 0.2) is 59.5 Å². The smallest absolute Gasteiger partial charge is 0.244 e. The molecule has 0 unspecified atom stereocenters. The molecule has 7 heteroatoms. The van der Waals surface area contributed by atoms with Crippen molar-refractivity contribution in [2.75, 3.05) is 20.2 Å². The molecule has 0 saturated carbocycles. The molecule has 1 aliphatic rings. The van der Waals surface area contributed by atoms with E-state index in [2.05, 4.69) is 5.32 Å². The number of ether oxygens (including phenoxy) is 1. The van der Waals surface area contributed by atoms with E-state index in [1.54, 1.807) is 41.8 Å². The van der Waals surface area contributed by atoms with E-state index in [9.17, 15) is 13.2 Å². The molecule has 2 aromatic rings. The number of methoxy groups -OCH3 is 1. The SMILES string of the molecule is COc1cccc(C=CC(=O)NCc2ccccc2S(=O)(=O)N2CCCCC2)c1. The van der Waals surface area contributed by atoms with Crippen LogP contribution in [-0.2, 0) is 21.4 Å². The minimum atomic E-state index is -3.55. The minimum Gasteiger partial charge on any atom is -0.497 e. The normalized spacial score (nSPS) is 15.3. The van der Waals surface area contributed by atoms with Crippen molar-refractivity contribution in [2.45, 2.75) is 30.7 Å². The van der Waals surface area contributed by atoms with Crippen molar-refractivity contribution < 1.29 is 17.9 Å². The largest absolute Gasteiger partial charge is 0.497 e. The summed E-state index contributed by atoms with van der Waals surface area (Å²) < 4.78 is 32.7. The molecule has 3 rings (SSSR count). The van der Waals surface area contributed by atoms with Crippen LogP contribution in [0.4, 0.5) is 0 Å². The van der Waals surface area contributed by atoms with Crippen molar-refractivity contribution in [3.63, 3.8) is 0 Å². The summed E-state index contributed by atoms with van der Waals surface area (Å²) in [6, 6.07) is 14.2. The molecule has 1 fully saturated rings. The lowest BCUT2D eigenvalue weighted by atomic mass is 10.2. The van der Waals surface area contributed by atoms with E-state index < -0.39 is 10.0 Å². The van der Waals surface area contributed by atoms with E-state index >= 15 is 0 Å². The van der Waals surface area contributed by atoms with Gasteiger partial charge in [-0.1, -0.05) is 36.8 Å². The molecule has 154 valence electrons. The van der Waals surface area contributed by atoms with Crippen LogP contribution in [0.5, 0.6) is 5.75 Å². The van der Waals surface area contributed by atoms with Gasteiger partial charge in [0.15, 0.2) is 0 Å². The number of nitrogens with one attached hydrogen (secondary N) is 1. The number of rotatable bonds is 7. The first-order valence-corrected chi connectivity index (χ1v) is 11.1. The summed E-state index contributed by atoms with van der Waals surface area (Å²) in [6.07, 6.45) is 5.94. The van der Waals surface area contributed by atoms with Gasteiger partial charge in [-0.2, -0.15) is 4.31 Å². The predicted molar refractivity (Wildman–Crippen MR) is 113 cm³/mol. The number of amides is 1. The average molecular weight is 415 g/mol. The fourth-order valence-corrected chi connectivity index (χ4v) is 5.04. The Bertz CT molecular complexity index is 980. The van der Waals surface area contributed by atoms with Gasteiger partial charge in [-0.3, -0.25) is 4.79 Å². The zero-order valence-corrected chi connectivity index (χ0v) is 17.3. The Morgan fingerprint density at radius 2 is 1.86 bits per heavy atom. The summed E-state index contributed by atoms with van der Waals surface area (Å²) in [5.74, 6) is 0.419. The van der Waals surface area contributed by atoms with Crippen LogP contribution in [0, 0.1) is 0 Å². The van der Waals surface area contributed by atoms with Gasteiger partial charge < -0.3 is 10.1 Å². The van der Waals surface area contributed by atoms with Gasteiger partial charge in [0.1, 0.15) is 5.75 Å². The van der Waals surface area contributed by atoms with Crippen LogP contribution in [0.3, 0.4) is 0 Å². The number of carbonyl (C=O) groups excluding carboxylic acids is 1. The van der Waals surface area contributed by atoms with Crippen LogP contribution >= 0.6 is 0 Å². The fourth-order valence-electron chi connectivity index (χ4n) is 3.30. The topological polar surface area (TPSA) is 75.7 Å². The molecular weight excluding hydrogens is 388 g/mol. The predicted octanol–water partition coefficient (Wildman–Crippen LogP) is 3.20. The van der Waals surface area contributed by atoms with Gasteiger partial charge in [0.05, 0.1) is 12.0 Å². The molecular formula is C22H26N2O4S. The quantitative estimate of drug-likeness (QED) is 0.706. The lowest BCUT2D eigenvalue weighted by molar-refractivity contribution is -0.116.